The molecule has 2 amide bonds. The first-order valence-corrected chi connectivity index (χ1v) is 9.57. The van der Waals surface area contributed by atoms with Crippen molar-refractivity contribution in [1.29, 1.82) is 0 Å². The number of hydrogen-bond acceptors (Lipinski definition) is 5. The summed E-state index contributed by atoms with van der Waals surface area (Å²) in [6, 6.07) is 12.2. The number of anilines is 1. The molecule has 148 valence electrons. The molecule has 0 bridgehead atoms. The zero-order chi connectivity index (χ0) is 19.9. The van der Waals surface area contributed by atoms with Gasteiger partial charge in [0.1, 0.15) is 17.6 Å². The van der Waals surface area contributed by atoms with Crippen molar-refractivity contribution in [2.75, 3.05) is 37.7 Å². The topological polar surface area (TPSA) is 74.8 Å². The fourth-order valence-electron chi connectivity index (χ4n) is 3.24. The van der Waals surface area contributed by atoms with Gasteiger partial charge < -0.3 is 19.9 Å². The molecule has 1 aliphatic heterocycles. The zero-order valence-corrected chi connectivity index (χ0v) is 16.3. The van der Waals surface area contributed by atoms with Gasteiger partial charge in [0, 0.05) is 32.4 Å². The van der Waals surface area contributed by atoms with Gasteiger partial charge in [0.15, 0.2) is 0 Å². The maximum absolute atomic E-state index is 12.8. The summed E-state index contributed by atoms with van der Waals surface area (Å²) in [4.78, 5) is 33.7. The van der Waals surface area contributed by atoms with Gasteiger partial charge in [-0.1, -0.05) is 18.2 Å². The highest BCUT2D eigenvalue weighted by molar-refractivity contribution is 5.99. The Kier molecular flexibility index (Phi) is 6.47. The van der Waals surface area contributed by atoms with Crippen LogP contribution < -0.4 is 15.0 Å². The van der Waals surface area contributed by atoms with Crippen LogP contribution in [-0.4, -0.2) is 60.5 Å². The Morgan fingerprint density at radius 2 is 1.82 bits per heavy atom. The number of nitrogens with one attached hydrogen (secondary N) is 1. The number of carbonyl (C=O) groups is 2. The summed E-state index contributed by atoms with van der Waals surface area (Å²) in [5.41, 5.74) is 0.434. The Morgan fingerprint density at radius 3 is 2.50 bits per heavy atom. The molecule has 0 spiro atoms. The average Bonchev–Trinajstić information content (AvgIpc) is 2.74. The second-order valence-electron chi connectivity index (χ2n) is 6.62. The SMILES string of the molecule is CCOc1ccccc1C(=O)NC(C)C(=O)N1CCN(c2ccccn2)CC1. The number of amides is 2. The zero-order valence-electron chi connectivity index (χ0n) is 16.3. The normalized spacial score (nSPS) is 15.1. The Hall–Kier alpha value is -3.09. The summed E-state index contributed by atoms with van der Waals surface area (Å²) >= 11 is 0. The molecule has 1 fully saturated rings. The first-order valence-electron chi connectivity index (χ1n) is 9.57. The molecule has 28 heavy (non-hydrogen) atoms. The number of piperazine rings is 1. The van der Waals surface area contributed by atoms with Crippen LogP contribution in [-0.2, 0) is 4.79 Å². The van der Waals surface area contributed by atoms with E-state index in [9.17, 15) is 9.59 Å². The minimum atomic E-state index is -0.608. The number of hydrogen-bond donors (Lipinski definition) is 1. The van der Waals surface area contributed by atoms with E-state index in [0.717, 1.165) is 18.9 Å². The minimum Gasteiger partial charge on any atom is -0.493 e. The lowest BCUT2D eigenvalue weighted by Gasteiger charge is -2.36. The molecular formula is C21H26N4O3. The molecule has 1 atom stereocenters. The maximum atomic E-state index is 12.8. The van der Waals surface area contributed by atoms with E-state index >= 15 is 0 Å². The molecule has 0 radical (unpaired) electrons. The van der Waals surface area contributed by atoms with Crippen LogP contribution in [0.15, 0.2) is 48.7 Å². The fraction of sp³-hybridized carbons (Fsp3) is 0.381. The molecule has 1 unspecified atom stereocenters. The van der Waals surface area contributed by atoms with Crippen molar-refractivity contribution < 1.29 is 14.3 Å². The number of benzene rings is 1. The van der Waals surface area contributed by atoms with Gasteiger partial charge in [0.2, 0.25) is 5.91 Å². The summed E-state index contributed by atoms with van der Waals surface area (Å²) in [6.45, 7) is 6.70. The summed E-state index contributed by atoms with van der Waals surface area (Å²) in [5.74, 6) is 1.05. The number of nitrogens with zero attached hydrogens (tertiary/aromatic N) is 3. The van der Waals surface area contributed by atoms with Crippen molar-refractivity contribution >= 4 is 17.6 Å². The lowest BCUT2D eigenvalue weighted by Crippen LogP contribution is -2.54. The van der Waals surface area contributed by atoms with Crippen molar-refractivity contribution in [1.82, 2.24) is 15.2 Å². The third kappa shape index (κ3) is 4.60. The second-order valence-corrected chi connectivity index (χ2v) is 6.62. The predicted octanol–water partition coefficient (Wildman–Crippen LogP) is 1.95. The van der Waals surface area contributed by atoms with Crippen LogP contribution in [0.3, 0.4) is 0 Å². The van der Waals surface area contributed by atoms with Gasteiger partial charge in [-0.3, -0.25) is 9.59 Å². The third-order valence-electron chi connectivity index (χ3n) is 4.71. The van der Waals surface area contributed by atoms with Crippen molar-refractivity contribution in [3.63, 3.8) is 0 Å². The molecule has 3 rings (SSSR count). The van der Waals surface area contributed by atoms with Crippen molar-refractivity contribution in [2.45, 2.75) is 19.9 Å². The first-order chi connectivity index (χ1) is 13.6. The Bertz CT molecular complexity index is 804. The minimum absolute atomic E-state index is 0.0806. The van der Waals surface area contributed by atoms with Crippen molar-refractivity contribution in [2.24, 2.45) is 0 Å². The average molecular weight is 382 g/mol. The molecule has 0 aliphatic carbocycles. The largest absolute Gasteiger partial charge is 0.493 e. The highest BCUT2D eigenvalue weighted by Crippen LogP contribution is 2.18. The van der Waals surface area contributed by atoms with E-state index in [1.165, 1.54) is 0 Å². The smallest absolute Gasteiger partial charge is 0.255 e. The van der Waals surface area contributed by atoms with Gasteiger partial charge in [-0.25, -0.2) is 4.98 Å². The van der Waals surface area contributed by atoms with E-state index in [2.05, 4.69) is 15.2 Å². The molecular weight excluding hydrogens is 356 g/mol. The number of aromatic nitrogens is 1. The number of rotatable bonds is 6. The van der Waals surface area contributed by atoms with E-state index < -0.39 is 6.04 Å². The van der Waals surface area contributed by atoms with E-state index in [0.29, 0.717) is 31.0 Å². The van der Waals surface area contributed by atoms with Crippen LogP contribution in [0.4, 0.5) is 5.82 Å². The molecule has 1 saturated heterocycles. The summed E-state index contributed by atoms with van der Waals surface area (Å²) in [5, 5.41) is 2.80. The Labute approximate surface area is 165 Å². The second kappa shape index (κ2) is 9.21. The highest BCUT2D eigenvalue weighted by Gasteiger charge is 2.27. The highest BCUT2D eigenvalue weighted by atomic mass is 16.5. The number of pyridine rings is 1. The Morgan fingerprint density at radius 1 is 1.11 bits per heavy atom. The van der Waals surface area contributed by atoms with E-state index in [1.54, 1.807) is 36.2 Å². The molecule has 1 aromatic carbocycles. The molecule has 7 heteroatoms. The van der Waals surface area contributed by atoms with Gasteiger partial charge in [0.25, 0.3) is 5.91 Å². The van der Waals surface area contributed by atoms with Crippen LogP contribution in [0.2, 0.25) is 0 Å². The van der Waals surface area contributed by atoms with Crippen molar-refractivity contribution in [3.8, 4) is 5.75 Å². The molecule has 1 N–H and O–H groups in total. The van der Waals surface area contributed by atoms with Crippen LogP contribution in [0.1, 0.15) is 24.2 Å². The van der Waals surface area contributed by atoms with Gasteiger partial charge in [-0.2, -0.15) is 0 Å². The quantitative estimate of drug-likeness (QED) is 0.827. The standard InChI is InChI=1S/C21H26N4O3/c1-3-28-18-9-5-4-8-17(18)20(26)23-16(2)21(27)25-14-12-24(13-15-25)19-10-6-7-11-22-19/h4-11,16H,3,12-15H2,1-2H3,(H,23,26). The number of carbonyl (C=O) groups excluding carboxylic acids is 2. The number of ether oxygens (including phenoxy) is 1. The molecule has 1 aromatic heterocycles. The van der Waals surface area contributed by atoms with Crippen LogP contribution >= 0.6 is 0 Å². The first kappa shape index (κ1) is 19.7. The van der Waals surface area contributed by atoms with Crippen LogP contribution in [0.5, 0.6) is 5.75 Å². The predicted molar refractivity (Wildman–Crippen MR) is 108 cm³/mol. The molecule has 0 saturated carbocycles. The maximum Gasteiger partial charge on any atom is 0.255 e. The molecule has 7 nitrogen and oxygen atoms in total. The Balaban J connectivity index is 1.56. The summed E-state index contributed by atoms with van der Waals surface area (Å²) in [7, 11) is 0. The summed E-state index contributed by atoms with van der Waals surface area (Å²) < 4.78 is 5.50. The monoisotopic (exact) mass is 382 g/mol. The lowest BCUT2D eigenvalue weighted by atomic mass is 10.1. The summed E-state index contributed by atoms with van der Waals surface area (Å²) in [6.07, 6.45) is 1.77. The van der Waals surface area contributed by atoms with Crippen LogP contribution in [0.25, 0.3) is 0 Å². The third-order valence-corrected chi connectivity index (χ3v) is 4.71. The van der Waals surface area contributed by atoms with Gasteiger partial charge in [-0.15, -0.1) is 0 Å². The molecule has 1 aliphatic rings. The van der Waals surface area contributed by atoms with E-state index in [1.807, 2.05) is 31.2 Å². The van der Waals surface area contributed by atoms with Crippen LogP contribution in [0, 0.1) is 0 Å². The van der Waals surface area contributed by atoms with E-state index in [4.69, 9.17) is 4.74 Å². The fourth-order valence-corrected chi connectivity index (χ4v) is 3.24. The molecule has 2 heterocycles. The molecule has 2 aromatic rings. The lowest BCUT2D eigenvalue weighted by molar-refractivity contribution is -0.133. The van der Waals surface area contributed by atoms with Gasteiger partial charge >= 0.3 is 0 Å². The van der Waals surface area contributed by atoms with E-state index in [-0.39, 0.29) is 11.8 Å². The van der Waals surface area contributed by atoms with Gasteiger partial charge in [-0.05, 0) is 38.1 Å². The van der Waals surface area contributed by atoms with Gasteiger partial charge in [0.05, 0.1) is 12.2 Å². The number of para-hydroxylation sites is 1. The van der Waals surface area contributed by atoms with Crippen molar-refractivity contribution in [3.05, 3.63) is 54.2 Å².